The van der Waals surface area contributed by atoms with E-state index in [-0.39, 0.29) is 11.9 Å². The third-order valence-electron chi connectivity index (χ3n) is 1.31. The van der Waals surface area contributed by atoms with Crippen molar-refractivity contribution in [2.45, 2.75) is 0 Å². The zero-order valence-electron chi connectivity index (χ0n) is 7.39. The summed E-state index contributed by atoms with van der Waals surface area (Å²) in [6, 6.07) is 0. The SMILES string of the molecule is CNC(=N)N(C)C(=N)N(C)C. The summed E-state index contributed by atoms with van der Waals surface area (Å²) < 4.78 is 0. The Morgan fingerprint density at radius 2 is 1.64 bits per heavy atom. The standard InChI is InChI=1S/C6H15N5/c1-9-5(7)11(4)6(8)10(2)3/h8H,1-4H3,(H2,7,9). The van der Waals surface area contributed by atoms with Crippen LogP contribution < -0.4 is 5.32 Å². The normalized spacial score (nSPS) is 8.73. The first-order chi connectivity index (χ1) is 5.00. The maximum atomic E-state index is 7.45. The first kappa shape index (κ1) is 9.74. The van der Waals surface area contributed by atoms with Gasteiger partial charge in [0.25, 0.3) is 0 Å². The molecule has 0 atom stereocenters. The maximum Gasteiger partial charge on any atom is 0.199 e. The molecule has 0 saturated heterocycles. The molecule has 0 radical (unpaired) electrons. The molecular formula is C6H15N5. The van der Waals surface area contributed by atoms with Crippen LogP contribution >= 0.6 is 0 Å². The van der Waals surface area contributed by atoms with Crippen molar-refractivity contribution in [1.82, 2.24) is 15.1 Å². The molecule has 0 aromatic heterocycles. The van der Waals surface area contributed by atoms with Crippen LogP contribution in [0.4, 0.5) is 0 Å². The Morgan fingerprint density at radius 1 is 1.18 bits per heavy atom. The van der Waals surface area contributed by atoms with E-state index >= 15 is 0 Å². The fraction of sp³-hybridized carbons (Fsp3) is 0.667. The van der Waals surface area contributed by atoms with Crippen LogP contribution in [0.2, 0.25) is 0 Å². The summed E-state index contributed by atoms with van der Waals surface area (Å²) in [5, 5.41) is 17.4. The van der Waals surface area contributed by atoms with Crippen LogP contribution in [0.3, 0.4) is 0 Å². The lowest BCUT2D eigenvalue weighted by Crippen LogP contribution is -2.45. The molecule has 0 saturated carbocycles. The Labute approximate surface area is 67.0 Å². The molecule has 0 bridgehead atoms. The topological polar surface area (TPSA) is 66.2 Å². The fourth-order valence-electron chi connectivity index (χ4n) is 0.574. The Morgan fingerprint density at radius 3 is 1.91 bits per heavy atom. The number of rotatable bonds is 0. The van der Waals surface area contributed by atoms with Gasteiger partial charge in [-0.1, -0.05) is 0 Å². The van der Waals surface area contributed by atoms with E-state index in [1.165, 1.54) is 4.90 Å². The molecule has 5 nitrogen and oxygen atoms in total. The van der Waals surface area contributed by atoms with Gasteiger partial charge in [0, 0.05) is 28.2 Å². The third kappa shape index (κ3) is 2.45. The first-order valence-corrected chi connectivity index (χ1v) is 3.26. The largest absolute Gasteiger partial charge is 0.359 e. The summed E-state index contributed by atoms with van der Waals surface area (Å²) in [5.74, 6) is 0.494. The van der Waals surface area contributed by atoms with E-state index in [9.17, 15) is 0 Å². The van der Waals surface area contributed by atoms with Crippen LogP contribution in [0.1, 0.15) is 0 Å². The van der Waals surface area contributed by atoms with Crippen molar-refractivity contribution in [2.75, 3.05) is 28.2 Å². The van der Waals surface area contributed by atoms with Gasteiger partial charge in [0.15, 0.2) is 11.9 Å². The lowest BCUT2D eigenvalue weighted by molar-refractivity contribution is 0.517. The predicted molar refractivity (Wildman–Crippen MR) is 46.0 cm³/mol. The lowest BCUT2D eigenvalue weighted by Gasteiger charge is -2.24. The van der Waals surface area contributed by atoms with Crippen LogP contribution in [-0.4, -0.2) is 49.9 Å². The van der Waals surface area contributed by atoms with Crippen LogP contribution in [0.25, 0.3) is 0 Å². The molecule has 0 fully saturated rings. The van der Waals surface area contributed by atoms with E-state index in [4.69, 9.17) is 10.8 Å². The molecule has 5 heteroatoms. The van der Waals surface area contributed by atoms with E-state index in [2.05, 4.69) is 5.32 Å². The lowest BCUT2D eigenvalue weighted by atomic mass is 10.6. The maximum absolute atomic E-state index is 7.45. The summed E-state index contributed by atoms with van der Waals surface area (Å²) in [5.41, 5.74) is 0. The van der Waals surface area contributed by atoms with Crippen molar-refractivity contribution < 1.29 is 0 Å². The van der Waals surface area contributed by atoms with Crippen LogP contribution in [0, 0.1) is 10.8 Å². The zero-order valence-corrected chi connectivity index (χ0v) is 7.39. The van der Waals surface area contributed by atoms with Gasteiger partial charge < -0.3 is 10.2 Å². The average molecular weight is 157 g/mol. The Bertz CT molecular complexity index is 162. The minimum atomic E-state index is 0.212. The van der Waals surface area contributed by atoms with E-state index in [0.717, 1.165) is 0 Å². The molecule has 11 heavy (non-hydrogen) atoms. The van der Waals surface area contributed by atoms with Gasteiger partial charge in [-0.25, -0.2) is 0 Å². The molecule has 0 rings (SSSR count). The van der Waals surface area contributed by atoms with Gasteiger partial charge in [-0.2, -0.15) is 0 Å². The molecule has 0 aliphatic carbocycles. The van der Waals surface area contributed by atoms with E-state index in [0.29, 0.717) is 0 Å². The molecule has 0 spiro atoms. The molecule has 0 aromatic rings. The highest BCUT2D eigenvalue weighted by molar-refractivity contribution is 5.95. The van der Waals surface area contributed by atoms with E-state index in [1.807, 2.05) is 0 Å². The summed E-state index contributed by atoms with van der Waals surface area (Å²) in [4.78, 5) is 3.08. The van der Waals surface area contributed by atoms with E-state index < -0.39 is 0 Å². The average Bonchev–Trinajstić information content (AvgIpc) is 2.00. The highest BCUT2D eigenvalue weighted by Crippen LogP contribution is 1.87. The van der Waals surface area contributed by atoms with Crippen molar-refractivity contribution in [3.05, 3.63) is 0 Å². The van der Waals surface area contributed by atoms with Crippen molar-refractivity contribution in [3.63, 3.8) is 0 Å². The van der Waals surface area contributed by atoms with Crippen LogP contribution in [-0.2, 0) is 0 Å². The van der Waals surface area contributed by atoms with Gasteiger partial charge >= 0.3 is 0 Å². The van der Waals surface area contributed by atoms with Gasteiger partial charge in [0.05, 0.1) is 0 Å². The van der Waals surface area contributed by atoms with Gasteiger partial charge in [-0.05, 0) is 0 Å². The highest BCUT2D eigenvalue weighted by Gasteiger charge is 2.08. The number of nitrogens with one attached hydrogen (secondary N) is 3. The molecule has 0 aliphatic rings. The number of hydrogen-bond donors (Lipinski definition) is 3. The molecule has 3 N–H and O–H groups in total. The Balaban J connectivity index is 4.13. The van der Waals surface area contributed by atoms with Gasteiger partial charge in [-0.3, -0.25) is 15.7 Å². The summed E-state index contributed by atoms with van der Waals surface area (Å²) in [6.07, 6.45) is 0. The summed E-state index contributed by atoms with van der Waals surface area (Å²) in [7, 11) is 6.85. The predicted octanol–water partition coefficient (Wildman–Crippen LogP) is -0.431. The van der Waals surface area contributed by atoms with Crippen molar-refractivity contribution in [2.24, 2.45) is 0 Å². The molecule has 0 aromatic carbocycles. The second-order valence-corrected chi connectivity index (χ2v) is 2.38. The van der Waals surface area contributed by atoms with Crippen LogP contribution in [0.5, 0.6) is 0 Å². The molecule has 0 amide bonds. The zero-order chi connectivity index (χ0) is 9.02. The van der Waals surface area contributed by atoms with Crippen molar-refractivity contribution in [1.29, 1.82) is 10.8 Å². The molecule has 0 unspecified atom stereocenters. The first-order valence-electron chi connectivity index (χ1n) is 3.26. The number of nitrogens with zero attached hydrogens (tertiary/aromatic N) is 2. The molecule has 64 valence electrons. The third-order valence-corrected chi connectivity index (χ3v) is 1.31. The summed E-state index contributed by atoms with van der Waals surface area (Å²) >= 11 is 0. The molecule has 0 heterocycles. The quantitative estimate of drug-likeness (QED) is 0.330. The van der Waals surface area contributed by atoms with Gasteiger partial charge in [0.1, 0.15) is 0 Å². The van der Waals surface area contributed by atoms with Crippen molar-refractivity contribution in [3.8, 4) is 0 Å². The molecular weight excluding hydrogens is 142 g/mol. The summed E-state index contributed by atoms with van der Waals surface area (Å²) in [6.45, 7) is 0. The second kappa shape index (κ2) is 3.80. The van der Waals surface area contributed by atoms with Gasteiger partial charge in [0.2, 0.25) is 0 Å². The van der Waals surface area contributed by atoms with Crippen molar-refractivity contribution >= 4 is 11.9 Å². The highest BCUT2D eigenvalue weighted by atomic mass is 15.4. The minimum absolute atomic E-state index is 0.212. The Kier molecular flexibility index (Phi) is 3.36. The number of guanidine groups is 2. The van der Waals surface area contributed by atoms with Gasteiger partial charge in [-0.15, -0.1) is 0 Å². The minimum Gasteiger partial charge on any atom is -0.359 e. The van der Waals surface area contributed by atoms with E-state index in [1.54, 1.807) is 33.1 Å². The monoisotopic (exact) mass is 157 g/mol. The second-order valence-electron chi connectivity index (χ2n) is 2.38. The molecule has 0 aliphatic heterocycles. The number of hydrogen-bond acceptors (Lipinski definition) is 2. The van der Waals surface area contributed by atoms with Crippen LogP contribution in [0.15, 0.2) is 0 Å². The fourth-order valence-corrected chi connectivity index (χ4v) is 0.574. The smallest absolute Gasteiger partial charge is 0.199 e. The Hall–Kier alpha value is -1.26.